The fourth-order valence-corrected chi connectivity index (χ4v) is 8.45. The molecule has 0 saturated carbocycles. The Kier molecular flexibility index (Phi) is 7.09. The zero-order chi connectivity index (χ0) is 35.6. The molecule has 3 nitrogen and oxygen atoms in total. The van der Waals surface area contributed by atoms with Gasteiger partial charge in [-0.2, -0.15) is 0 Å². The molecule has 10 rings (SSSR count). The van der Waals surface area contributed by atoms with Gasteiger partial charge in [-0.3, -0.25) is 0 Å². The molecule has 8 aromatic carbocycles. The van der Waals surface area contributed by atoms with Crippen LogP contribution in [0.2, 0.25) is 0 Å². The number of aryl methyl sites for hydroxylation is 1. The van der Waals surface area contributed by atoms with Crippen molar-refractivity contribution in [2.75, 3.05) is 4.90 Å². The maximum absolute atomic E-state index is 6.85. The van der Waals surface area contributed by atoms with Crippen molar-refractivity contribution < 1.29 is 0 Å². The monoisotopic (exact) mass is 679 g/mol. The van der Waals surface area contributed by atoms with Crippen LogP contribution in [0.15, 0.2) is 176 Å². The van der Waals surface area contributed by atoms with Gasteiger partial charge in [0.1, 0.15) is 0 Å². The van der Waals surface area contributed by atoms with Crippen LogP contribution in [-0.4, -0.2) is 4.57 Å². The van der Waals surface area contributed by atoms with Gasteiger partial charge in [-0.25, -0.2) is 0 Å². The molecule has 1 heterocycles. The largest absolute Gasteiger partial charge is 0.398 e. The molecule has 0 atom stereocenters. The molecule has 1 aliphatic rings. The highest BCUT2D eigenvalue weighted by Gasteiger charge is 2.23. The fraction of sp³-hybridized carbons (Fsp3) is 0.0400. The van der Waals surface area contributed by atoms with Gasteiger partial charge in [0.2, 0.25) is 0 Å². The Hall–Kier alpha value is -6.84. The van der Waals surface area contributed by atoms with Gasteiger partial charge in [-0.05, 0) is 124 Å². The van der Waals surface area contributed by atoms with Crippen LogP contribution in [-0.2, 0) is 0 Å². The second-order valence-corrected chi connectivity index (χ2v) is 14.0. The summed E-state index contributed by atoms with van der Waals surface area (Å²) >= 11 is 0. The molecule has 0 saturated heterocycles. The Morgan fingerprint density at radius 1 is 0.547 bits per heavy atom. The van der Waals surface area contributed by atoms with E-state index in [9.17, 15) is 0 Å². The summed E-state index contributed by atoms with van der Waals surface area (Å²) in [5, 5.41) is 7.35. The van der Waals surface area contributed by atoms with Crippen LogP contribution in [0.1, 0.15) is 23.6 Å². The van der Waals surface area contributed by atoms with Gasteiger partial charge in [0.25, 0.3) is 0 Å². The van der Waals surface area contributed by atoms with E-state index in [1.54, 1.807) is 0 Å². The summed E-state index contributed by atoms with van der Waals surface area (Å²) < 4.78 is 2.40. The van der Waals surface area contributed by atoms with Gasteiger partial charge in [-0.1, -0.05) is 109 Å². The average Bonchev–Trinajstić information content (AvgIpc) is 3.67. The number of benzene rings is 8. The van der Waals surface area contributed by atoms with Crippen LogP contribution < -0.4 is 10.6 Å². The molecule has 252 valence electrons. The van der Waals surface area contributed by atoms with Crippen molar-refractivity contribution in [2.24, 2.45) is 5.73 Å². The first kappa shape index (κ1) is 30.9. The van der Waals surface area contributed by atoms with Crippen molar-refractivity contribution >= 4 is 71.7 Å². The van der Waals surface area contributed by atoms with E-state index in [0.717, 1.165) is 39.6 Å². The van der Waals surface area contributed by atoms with E-state index < -0.39 is 0 Å². The van der Waals surface area contributed by atoms with Crippen LogP contribution >= 0.6 is 0 Å². The van der Waals surface area contributed by atoms with Crippen LogP contribution in [0.3, 0.4) is 0 Å². The molecule has 0 unspecified atom stereocenters. The highest BCUT2D eigenvalue weighted by atomic mass is 15.1. The van der Waals surface area contributed by atoms with Crippen molar-refractivity contribution in [1.29, 1.82) is 0 Å². The van der Waals surface area contributed by atoms with Gasteiger partial charge in [-0.15, -0.1) is 0 Å². The summed E-state index contributed by atoms with van der Waals surface area (Å²) in [4.78, 5) is 2.36. The molecule has 0 aliphatic heterocycles. The highest BCUT2D eigenvalue weighted by molar-refractivity contribution is 6.16. The molecule has 0 radical (unpaired) electrons. The lowest BCUT2D eigenvalue weighted by Crippen LogP contribution is -2.11. The van der Waals surface area contributed by atoms with Crippen LogP contribution in [0, 0.1) is 6.92 Å². The third kappa shape index (κ3) is 4.89. The summed E-state index contributed by atoms with van der Waals surface area (Å²) in [6, 6.07) is 59.5. The predicted molar refractivity (Wildman–Crippen MR) is 226 cm³/mol. The molecule has 0 fully saturated rings. The van der Waals surface area contributed by atoms with E-state index in [2.05, 4.69) is 192 Å². The zero-order valence-corrected chi connectivity index (χ0v) is 29.7. The first-order valence-electron chi connectivity index (χ1n) is 18.3. The molecule has 2 N–H and O–H groups in total. The lowest BCUT2D eigenvalue weighted by atomic mass is 9.99. The molecular weight excluding hydrogens is 643 g/mol. The van der Waals surface area contributed by atoms with Gasteiger partial charge in [0, 0.05) is 50.4 Å². The van der Waals surface area contributed by atoms with Gasteiger partial charge in [0.05, 0.1) is 11.0 Å². The molecule has 1 aliphatic carbocycles. The van der Waals surface area contributed by atoms with E-state index in [-0.39, 0.29) is 0 Å². The number of rotatable bonds is 6. The normalized spacial score (nSPS) is 12.6. The zero-order valence-electron chi connectivity index (χ0n) is 29.7. The van der Waals surface area contributed by atoms with E-state index in [0.29, 0.717) is 0 Å². The number of para-hydroxylation sites is 2. The minimum Gasteiger partial charge on any atom is -0.398 e. The van der Waals surface area contributed by atoms with Gasteiger partial charge >= 0.3 is 0 Å². The molecule has 1 aromatic heterocycles. The number of nitrogens with zero attached hydrogens (tertiary/aromatic N) is 2. The first-order valence-corrected chi connectivity index (χ1v) is 18.3. The number of aromatic nitrogens is 1. The summed E-state index contributed by atoms with van der Waals surface area (Å²) in [7, 11) is 0. The molecule has 0 amide bonds. The van der Waals surface area contributed by atoms with Crippen LogP contribution in [0.4, 0.5) is 17.1 Å². The molecule has 0 bridgehead atoms. The summed E-state index contributed by atoms with van der Waals surface area (Å²) in [5.41, 5.74) is 21.6. The Labute approximate surface area is 309 Å². The Morgan fingerprint density at radius 3 is 2.13 bits per heavy atom. The molecule has 3 heteroatoms. The van der Waals surface area contributed by atoms with Crippen molar-refractivity contribution in [2.45, 2.75) is 13.8 Å². The fourth-order valence-electron chi connectivity index (χ4n) is 8.45. The lowest BCUT2D eigenvalue weighted by molar-refractivity contribution is 1.18. The topological polar surface area (TPSA) is 34.2 Å². The van der Waals surface area contributed by atoms with Gasteiger partial charge in [0.15, 0.2) is 0 Å². The number of nitrogens with two attached hydrogens (primary N) is 1. The van der Waals surface area contributed by atoms with Gasteiger partial charge < -0.3 is 15.2 Å². The van der Waals surface area contributed by atoms with Crippen LogP contribution in [0.5, 0.6) is 0 Å². The van der Waals surface area contributed by atoms with E-state index in [1.165, 1.54) is 65.6 Å². The quantitative estimate of drug-likeness (QED) is 0.190. The highest BCUT2D eigenvalue weighted by Crippen LogP contribution is 2.44. The Balaban J connectivity index is 1.10. The number of hydrogen-bond donors (Lipinski definition) is 1. The van der Waals surface area contributed by atoms with E-state index in [1.807, 2.05) is 6.92 Å². The molecule has 9 aromatic rings. The summed E-state index contributed by atoms with van der Waals surface area (Å²) in [6.45, 7) is 4.26. The number of allylic oxidation sites excluding steroid dienone is 3. The lowest BCUT2D eigenvalue weighted by Gasteiger charge is -2.27. The first-order chi connectivity index (χ1) is 26.1. The van der Waals surface area contributed by atoms with Crippen LogP contribution in [0.25, 0.3) is 71.4 Å². The molecule has 0 spiro atoms. The van der Waals surface area contributed by atoms with E-state index in [4.69, 9.17) is 5.73 Å². The minimum atomic E-state index is 0.837. The maximum atomic E-state index is 6.85. The predicted octanol–water partition coefficient (Wildman–Crippen LogP) is 13.3. The second-order valence-electron chi connectivity index (χ2n) is 14.0. The number of anilines is 3. The Morgan fingerprint density at radius 2 is 1.28 bits per heavy atom. The SMILES string of the molecule is C/C=C\C1=C(N)c2cc(-n3c4ccccc4c4cc(-c5ccc(N(c6ccccc6)c6ccc7ccccc7c6)c(C)c5)ccc43)cc3cccc1c23. The summed E-state index contributed by atoms with van der Waals surface area (Å²) in [5.74, 6) is 0. The van der Waals surface area contributed by atoms with Crippen molar-refractivity contribution in [3.63, 3.8) is 0 Å². The second kappa shape index (κ2) is 12.1. The third-order valence-electron chi connectivity index (χ3n) is 10.9. The van der Waals surface area contributed by atoms with Crippen molar-refractivity contribution in [3.8, 4) is 16.8 Å². The Bertz CT molecular complexity index is 2980. The van der Waals surface area contributed by atoms with Crippen molar-refractivity contribution in [1.82, 2.24) is 4.57 Å². The minimum absolute atomic E-state index is 0.837. The van der Waals surface area contributed by atoms with Crippen molar-refractivity contribution in [3.05, 3.63) is 193 Å². The third-order valence-corrected chi connectivity index (χ3v) is 10.9. The molecule has 53 heavy (non-hydrogen) atoms. The number of hydrogen-bond acceptors (Lipinski definition) is 2. The summed E-state index contributed by atoms with van der Waals surface area (Å²) in [6.07, 6.45) is 4.19. The standard InChI is InChI=1S/C50H37N3/c1-3-12-43-42-19-11-15-37-29-40(31-45(49(37)42)50(43)51)53-47-20-10-9-18-41(47)44-30-36(23-26-48(44)53)35-22-25-46(32(2)27-35)52(38-16-5-4-6-17-38)39-24-21-33-13-7-8-14-34(33)28-39/h3-31H,51H2,1-2H3/b12-3-. The number of fused-ring (bicyclic) bond motifs is 4. The molecular formula is C50H37N3. The smallest absolute Gasteiger partial charge is 0.0541 e. The maximum Gasteiger partial charge on any atom is 0.0541 e. The van der Waals surface area contributed by atoms with E-state index >= 15 is 0 Å². The average molecular weight is 680 g/mol.